The maximum atomic E-state index is 12.6. The third-order valence-electron chi connectivity index (χ3n) is 4.44. The van der Waals surface area contributed by atoms with Crippen molar-refractivity contribution in [2.24, 2.45) is 0 Å². The van der Waals surface area contributed by atoms with Gasteiger partial charge in [0.15, 0.2) is 6.10 Å². The molecule has 1 aromatic carbocycles. The number of hydrogen-bond donors (Lipinski definition) is 1. The summed E-state index contributed by atoms with van der Waals surface area (Å²) in [5, 5.41) is 3.24. The van der Waals surface area contributed by atoms with Crippen molar-refractivity contribution in [3.8, 4) is 0 Å². The van der Waals surface area contributed by atoms with Gasteiger partial charge in [-0.1, -0.05) is 30.3 Å². The molecule has 0 saturated heterocycles. The number of nitrogens with zero attached hydrogens (tertiary/aromatic N) is 2. The summed E-state index contributed by atoms with van der Waals surface area (Å²) in [6, 6.07) is 9.43. The number of thiophene rings is 1. The normalized spacial score (nSPS) is 12.0. The lowest BCUT2D eigenvalue weighted by Gasteiger charge is -2.14. The van der Waals surface area contributed by atoms with Crippen molar-refractivity contribution in [1.29, 1.82) is 0 Å². The fraction of sp³-hybridized carbons (Fsp3) is 0.300. The number of carbonyl (C=O) groups is 2. The minimum absolute atomic E-state index is 0.287. The number of benzene rings is 1. The average Bonchev–Trinajstić information content (AvgIpc) is 2.97. The highest BCUT2D eigenvalue weighted by atomic mass is 32.1. The van der Waals surface area contributed by atoms with Crippen LogP contribution in [0.1, 0.15) is 22.9 Å². The lowest BCUT2D eigenvalue weighted by Crippen LogP contribution is -2.36. The Labute approximate surface area is 166 Å². The number of aryl methyl sites for hydroxylation is 2. The second-order valence-corrected chi connectivity index (χ2v) is 7.68. The molecule has 3 rings (SSSR count). The van der Waals surface area contributed by atoms with E-state index in [1.807, 2.05) is 44.2 Å². The van der Waals surface area contributed by atoms with Crippen LogP contribution in [0.25, 0.3) is 10.2 Å². The summed E-state index contributed by atoms with van der Waals surface area (Å²) < 4.78 is 6.38. The van der Waals surface area contributed by atoms with E-state index in [0.717, 1.165) is 16.0 Å². The molecule has 0 aliphatic rings. The molecule has 1 amide bonds. The zero-order valence-corrected chi connectivity index (χ0v) is 16.7. The molecule has 0 aliphatic heterocycles. The van der Waals surface area contributed by atoms with Crippen molar-refractivity contribution >= 4 is 33.4 Å². The predicted octanol–water partition coefficient (Wildman–Crippen LogP) is 2.32. The number of hydrogen-bond acceptors (Lipinski definition) is 6. The molecule has 1 N–H and O–H groups in total. The third-order valence-corrected chi connectivity index (χ3v) is 5.56. The van der Waals surface area contributed by atoms with Gasteiger partial charge in [-0.05, 0) is 31.9 Å². The van der Waals surface area contributed by atoms with Crippen molar-refractivity contribution in [3.05, 3.63) is 63.0 Å². The minimum atomic E-state index is -0.964. The van der Waals surface area contributed by atoms with Gasteiger partial charge in [0.1, 0.15) is 11.4 Å². The zero-order chi connectivity index (χ0) is 20.3. The van der Waals surface area contributed by atoms with Gasteiger partial charge < -0.3 is 10.1 Å². The van der Waals surface area contributed by atoms with Gasteiger partial charge in [0.2, 0.25) is 0 Å². The number of fused-ring (bicyclic) bond motifs is 1. The lowest BCUT2D eigenvalue weighted by molar-refractivity contribution is -0.155. The predicted molar refractivity (Wildman–Crippen MR) is 107 cm³/mol. The number of ether oxygens (including phenoxy) is 1. The quantitative estimate of drug-likeness (QED) is 0.643. The summed E-state index contributed by atoms with van der Waals surface area (Å²) >= 11 is 1.45. The van der Waals surface area contributed by atoms with Gasteiger partial charge in [-0.25, -0.2) is 4.98 Å². The average molecular weight is 399 g/mol. The number of carbonyl (C=O) groups excluding carboxylic acids is 2. The maximum absolute atomic E-state index is 12.6. The smallest absolute Gasteiger partial charge is 0.326 e. The standard InChI is InChI=1S/C20H21N3O4S/c1-12-14(3)28-19-17(12)20(26)23(11-22-19)10-16(24)27-13(2)18(25)21-9-15-7-5-4-6-8-15/h4-8,11,13H,9-10H2,1-3H3,(H,21,25)/t13-/m0/s1. The topological polar surface area (TPSA) is 90.3 Å². The molecule has 3 aromatic rings. The van der Waals surface area contributed by atoms with E-state index in [9.17, 15) is 14.4 Å². The third kappa shape index (κ3) is 4.28. The molecule has 0 saturated carbocycles. The van der Waals surface area contributed by atoms with Crippen LogP contribution in [-0.4, -0.2) is 27.5 Å². The lowest BCUT2D eigenvalue weighted by atomic mass is 10.2. The van der Waals surface area contributed by atoms with Crippen LogP contribution in [0.15, 0.2) is 41.5 Å². The van der Waals surface area contributed by atoms with Crippen molar-refractivity contribution in [2.75, 3.05) is 0 Å². The number of amides is 1. The van der Waals surface area contributed by atoms with Crippen LogP contribution in [0.5, 0.6) is 0 Å². The first-order valence-electron chi connectivity index (χ1n) is 8.83. The Morgan fingerprint density at radius 2 is 1.96 bits per heavy atom. The molecular weight excluding hydrogens is 378 g/mol. The second-order valence-electron chi connectivity index (χ2n) is 6.48. The largest absolute Gasteiger partial charge is 0.451 e. The summed E-state index contributed by atoms with van der Waals surface area (Å²) in [6.07, 6.45) is 0.371. The molecule has 0 bridgehead atoms. The highest BCUT2D eigenvalue weighted by Gasteiger charge is 2.19. The summed E-state index contributed by atoms with van der Waals surface area (Å²) in [6.45, 7) is 5.33. The minimum Gasteiger partial charge on any atom is -0.451 e. The van der Waals surface area contributed by atoms with E-state index in [0.29, 0.717) is 16.8 Å². The first-order chi connectivity index (χ1) is 13.4. The summed E-state index contributed by atoms with van der Waals surface area (Å²) in [5.74, 6) is -1.07. The Morgan fingerprint density at radius 3 is 2.68 bits per heavy atom. The number of aromatic nitrogens is 2. The fourth-order valence-electron chi connectivity index (χ4n) is 2.74. The summed E-state index contributed by atoms with van der Waals surface area (Å²) in [7, 11) is 0. The van der Waals surface area contributed by atoms with E-state index >= 15 is 0 Å². The molecule has 7 nitrogen and oxygen atoms in total. The summed E-state index contributed by atoms with van der Waals surface area (Å²) in [4.78, 5) is 42.9. The molecule has 0 spiro atoms. The van der Waals surface area contributed by atoms with E-state index in [2.05, 4.69) is 10.3 Å². The van der Waals surface area contributed by atoms with Gasteiger partial charge in [0.05, 0.1) is 11.7 Å². The van der Waals surface area contributed by atoms with Crippen LogP contribution in [-0.2, 0) is 27.4 Å². The van der Waals surface area contributed by atoms with Gasteiger partial charge >= 0.3 is 5.97 Å². The highest BCUT2D eigenvalue weighted by molar-refractivity contribution is 7.18. The van der Waals surface area contributed by atoms with Crippen molar-refractivity contribution in [2.45, 2.75) is 40.0 Å². The Hall–Kier alpha value is -3.00. The molecule has 0 aliphatic carbocycles. The van der Waals surface area contributed by atoms with Crippen LogP contribution in [0.2, 0.25) is 0 Å². The van der Waals surface area contributed by atoms with Crippen molar-refractivity contribution in [1.82, 2.24) is 14.9 Å². The highest BCUT2D eigenvalue weighted by Crippen LogP contribution is 2.25. The van der Waals surface area contributed by atoms with Crippen LogP contribution in [0.3, 0.4) is 0 Å². The fourth-order valence-corrected chi connectivity index (χ4v) is 3.73. The molecule has 2 heterocycles. The Bertz CT molecular complexity index is 1070. The second kappa shape index (κ2) is 8.35. The van der Waals surface area contributed by atoms with Gasteiger partial charge in [0.25, 0.3) is 11.5 Å². The SMILES string of the molecule is Cc1sc2ncn(CC(=O)O[C@@H](C)C(=O)NCc3ccccc3)c(=O)c2c1C. The van der Waals surface area contributed by atoms with Crippen LogP contribution in [0.4, 0.5) is 0 Å². The Kier molecular flexibility index (Phi) is 5.89. The number of esters is 1. The molecule has 2 aromatic heterocycles. The number of nitrogens with one attached hydrogen (secondary N) is 1. The van der Waals surface area contributed by atoms with Crippen LogP contribution >= 0.6 is 11.3 Å². The van der Waals surface area contributed by atoms with Gasteiger partial charge in [-0.3, -0.25) is 19.0 Å². The first-order valence-corrected chi connectivity index (χ1v) is 9.64. The Morgan fingerprint density at radius 1 is 1.25 bits per heavy atom. The molecule has 0 radical (unpaired) electrons. The summed E-state index contributed by atoms with van der Waals surface area (Å²) in [5.41, 5.74) is 1.53. The monoisotopic (exact) mass is 399 g/mol. The molecule has 28 heavy (non-hydrogen) atoms. The van der Waals surface area contributed by atoms with Crippen molar-refractivity contribution in [3.63, 3.8) is 0 Å². The Balaban J connectivity index is 1.61. The van der Waals surface area contributed by atoms with Crippen LogP contribution in [0, 0.1) is 13.8 Å². The first kappa shape index (κ1) is 19.8. The number of rotatable bonds is 6. The van der Waals surface area contributed by atoms with Gasteiger partial charge in [0, 0.05) is 11.4 Å². The zero-order valence-electron chi connectivity index (χ0n) is 15.9. The molecule has 1 atom stereocenters. The molecule has 8 heteroatoms. The van der Waals surface area contributed by atoms with E-state index in [1.165, 1.54) is 29.2 Å². The van der Waals surface area contributed by atoms with Gasteiger partial charge in [-0.2, -0.15) is 0 Å². The van der Waals surface area contributed by atoms with Crippen molar-refractivity contribution < 1.29 is 14.3 Å². The molecule has 146 valence electrons. The van der Waals surface area contributed by atoms with E-state index < -0.39 is 18.0 Å². The van der Waals surface area contributed by atoms with E-state index in [-0.39, 0.29) is 12.1 Å². The van der Waals surface area contributed by atoms with Gasteiger partial charge in [-0.15, -0.1) is 11.3 Å². The maximum Gasteiger partial charge on any atom is 0.326 e. The molecule has 0 unspecified atom stereocenters. The van der Waals surface area contributed by atoms with Crippen LogP contribution < -0.4 is 10.9 Å². The molecule has 0 fully saturated rings. The van der Waals surface area contributed by atoms with E-state index in [4.69, 9.17) is 4.74 Å². The van der Waals surface area contributed by atoms with E-state index in [1.54, 1.807) is 0 Å². The molecular formula is C20H21N3O4S.